The number of nitrogens with one attached hydrogen (secondary N) is 1. The Morgan fingerprint density at radius 1 is 1.14 bits per heavy atom. The van der Waals surface area contributed by atoms with E-state index in [9.17, 15) is 9.59 Å². The summed E-state index contributed by atoms with van der Waals surface area (Å²) in [7, 11) is 0. The molecule has 4 rings (SSSR count). The number of nitrogens with zero attached hydrogens (tertiary/aromatic N) is 4. The molecular formula is C20H22ClN5O3. The van der Waals surface area contributed by atoms with Crippen LogP contribution in [-0.4, -0.2) is 64.1 Å². The Bertz CT molecular complexity index is 1040. The Balaban J connectivity index is 1.28. The van der Waals surface area contributed by atoms with E-state index < -0.39 is 0 Å². The maximum Gasteiger partial charge on any atom is 0.242 e. The standard InChI is InChI=1S/C20H22ClN5O3/c1-14-10-18(23-29-14)22-19(27)12-24-6-8-25(9-7-24)20(28)13-26-5-4-15-2-3-16(21)11-17(15)26/h2-5,10-11H,6-9,12-13H2,1H3,(H,22,23,27). The molecule has 0 atom stereocenters. The van der Waals surface area contributed by atoms with E-state index in [0.29, 0.717) is 42.8 Å². The number of hydrogen-bond acceptors (Lipinski definition) is 5. The van der Waals surface area contributed by atoms with Crippen LogP contribution in [0.4, 0.5) is 5.82 Å². The highest BCUT2D eigenvalue weighted by Gasteiger charge is 2.23. The van der Waals surface area contributed by atoms with Crippen LogP contribution in [0.1, 0.15) is 5.76 Å². The van der Waals surface area contributed by atoms with E-state index in [1.807, 2.05) is 44.8 Å². The van der Waals surface area contributed by atoms with E-state index in [0.717, 1.165) is 10.9 Å². The van der Waals surface area contributed by atoms with Gasteiger partial charge in [-0.25, -0.2) is 0 Å². The lowest BCUT2D eigenvalue weighted by Crippen LogP contribution is -2.51. The first kappa shape index (κ1) is 19.5. The van der Waals surface area contributed by atoms with Gasteiger partial charge in [-0.05, 0) is 30.5 Å². The Morgan fingerprint density at radius 3 is 2.66 bits per heavy atom. The topological polar surface area (TPSA) is 83.6 Å². The second kappa shape index (κ2) is 8.26. The van der Waals surface area contributed by atoms with Crippen molar-refractivity contribution in [2.24, 2.45) is 0 Å². The highest BCUT2D eigenvalue weighted by molar-refractivity contribution is 6.31. The monoisotopic (exact) mass is 415 g/mol. The normalized spacial score (nSPS) is 15.0. The summed E-state index contributed by atoms with van der Waals surface area (Å²) in [5, 5.41) is 8.18. The third-order valence-corrected chi connectivity index (χ3v) is 5.26. The minimum Gasteiger partial charge on any atom is -0.360 e. The van der Waals surface area contributed by atoms with Gasteiger partial charge in [0.25, 0.3) is 0 Å². The van der Waals surface area contributed by atoms with Gasteiger partial charge in [-0.2, -0.15) is 0 Å². The van der Waals surface area contributed by atoms with E-state index in [-0.39, 0.29) is 24.9 Å². The minimum atomic E-state index is -0.145. The van der Waals surface area contributed by atoms with E-state index >= 15 is 0 Å². The van der Waals surface area contributed by atoms with Gasteiger partial charge in [0.2, 0.25) is 11.8 Å². The Kier molecular flexibility index (Phi) is 5.55. The molecule has 0 saturated carbocycles. The number of halogens is 1. The van der Waals surface area contributed by atoms with Crippen molar-refractivity contribution in [3.05, 3.63) is 47.3 Å². The minimum absolute atomic E-state index is 0.0599. The van der Waals surface area contributed by atoms with Crippen LogP contribution in [0.3, 0.4) is 0 Å². The fourth-order valence-electron chi connectivity index (χ4n) is 3.51. The smallest absolute Gasteiger partial charge is 0.242 e. The van der Waals surface area contributed by atoms with Crippen molar-refractivity contribution in [3.63, 3.8) is 0 Å². The van der Waals surface area contributed by atoms with Gasteiger partial charge in [0.1, 0.15) is 12.3 Å². The molecule has 0 unspecified atom stereocenters. The van der Waals surface area contributed by atoms with Gasteiger partial charge in [0, 0.05) is 49.0 Å². The quantitative estimate of drug-likeness (QED) is 0.691. The second-order valence-electron chi connectivity index (χ2n) is 7.17. The lowest BCUT2D eigenvalue weighted by molar-refractivity contribution is -0.133. The van der Waals surface area contributed by atoms with Gasteiger partial charge in [-0.3, -0.25) is 14.5 Å². The van der Waals surface area contributed by atoms with Gasteiger partial charge in [0.15, 0.2) is 5.82 Å². The van der Waals surface area contributed by atoms with Crippen LogP contribution in [0, 0.1) is 6.92 Å². The highest BCUT2D eigenvalue weighted by Crippen LogP contribution is 2.20. The summed E-state index contributed by atoms with van der Waals surface area (Å²) in [4.78, 5) is 28.7. The van der Waals surface area contributed by atoms with Crippen LogP contribution in [0.2, 0.25) is 5.02 Å². The van der Waals surface area contributed by atoms with Crippen molar-refractivity contribution in [1.82, 2.24) is 19.5 Å². The Hall–Kier alpha value is -2.84. The van der Waals surface area contributed by atoms with E-state index in [1.54, 1.807) is 13.0 Å². The van der Waals surface area contributed by atoms with Gasteiger partial charge in [-0.15, -0.1) is 0 Å². The molecule has 2 amide bonds. The molecule has 0 bridgehead atoms. The van der Waals surface area contributed by atoms with Crippen molar-refractivity contribution >= 4 is 40.1 Å². The number of piperazine rings is 1. The maximum atomic E-state index is 12.7. The summed E-state index contributed by atoms with van der Waals surface area (Å²) in [6, 6.07) is 9.31. The van der Waals surface area contributed by atoms with Crippen molar-refractivity contribution in [3.8, 4) is 0 Å². The van der Waals surface area contributed by atoms with Crippen molar-refractivity contribution in [2.45, 2.75) is 13.5 Å². The predicted octanol–water partition coefficient (Wildman–Crippen LogP) is 2.37. The van der Waals surface area contributed by atoms with Crippen LogP contribution < -0.4 is 5.32 Å². The van der Waals surface area contributed by atoms with Crippen LogP contribution in [0.5, 0.6) is 0 Å². The molecule has 1 N–H and O–H groups in total. The molecule has 3 heterocycles. The van der Waals surface area contributed by atoms with Crippen molar-refractivity contribution in [1.29, 1.82) is 0 Å². The summed E-state index contributed by atoms with van der Waals surface area (Å²) in [5.41, 5.74) is 0.948. The first-order valence-corrected chi connectivity index (χ1v) is 9.83. The van der Waals surface area contributed by atoms with Crippen LogP contribution in [0.15, 0.2) is 41.1 Å². The summed E-state index contributed by atoms with van der Waals surface area (Å²) in [5.74, 6) is 0.976. The third kappa shape index (κ3) is 4.60. The molecule has 29 heavy (non-hydrogen) atoms. The number of benzene rings is 1. The van der Waals surface area contributed by atoms with Gasteiger partial charge < -0.3 is 19.3 Å². The number of rotatable bonds is 5. The average Bonchev–Trinajstić information content (AvgIpc) is 3.28. The number of carbonyl (C=O) groups excluding carboxylic acids is 2. The van der Waals surface area contributed by atoms with Gasteiger partial charge in [-0.1, -0.05) is 22.8 Å². The molecule has 1 saturated heterocycles. The molecule has 0 radical (unpaired) electrons. The predicted molar refractivity (Wildman–Crippen MR) is 110 cm³/mol. The zero-order chi connectivity index (χ0) is 20.4. The maximum absolute atomic E-state index is 12.7. The number of fused-ring (bicyclic) bond motifs is 1. The van der Waals surface area contributed by atoms with Crippen LogP contribution in [0.25, 0.3) is 10.9 Å². The van der Waals surface area contributed by atoms with E-state index in [1.165, 1.54) is 0 Å². The lowest BCUT2D eigenvalue weighted by Gasteiger charge is -2.34. The van der Waals surface area contributed by atoms with E-state index in [4.69, 9.17) is 16.1 Å². The molecule has 152 valence electrons. The molecule has 1 aromatic carbocycles. The number of amides is 2. The van der Waals surface area contributed by atoms with Crippen LogP contribution in [-0.2, 0) is 16.1 Å². The molecule has 8 nitrogen and oxygen atoms in total. The fraction of sp³-hybridized carbons (Fsp3) is 0.350. The Labute approximate surface area is 173 Å². The number of aromatic nitrogens is 2. The highest BCUT2D eigenvalue weighted by atomic mass is 35.5. The van der Waals surface area contributed by atoms with Crippen LogP contribution >= 0.6 is 11.6 Å². The zero-order valence-corrected chi connectivity index (χ0v) is 16.9. The molecule has 0 aliphatic carbocycles. The first-order valence-electron chi connectivity index (χ1n) is 9.45. The molecule has 1 aliphatic rings. The SMILES string of the molecule is Cc1cc(NC(=O)CN2CCN(C(=O)Cn3ccc4ccc(Cl)cc43)CC2)no1. The number of hydrogen-bond donors (Lipinski definition) is 1. The molecule has 3 aromatic rings. The molecule has 0 spiro atoms. The van der Waals surface area contributed by atoms with Crippen molar-refractivity contribution in [2.75, 3.05) is 38.0 Å². The number of carbonyl (C=O) groups is 2. The zero-order valence-electron chi connectivity index (χ0n) is 16.1. The molecule has 9 heteroatoms. The third-order valence-electron chi connectivity index (χ3n) is 5.03. The van der Waals surface area contributed by atoms with Gasteiger partial charge >= 0.3 is 0 Å². The molecule has 1 fully saturated rings. The molecular weight excluding hydrogens is 394 g/mol. The van der Waals surface area contributed by atoms with E-state index in [2.05, 4.69) is 10.5 Å². The summed E-state index contributed by atoms with van der Waals surface area (Å²) >= 11 is 6.09. The summed E-state index contributed by atoms with van der Waals surface area (Å²) in [6.07, 6.45) is 1.91. The Morgan fingerprint density at radius 2 is 1.93 bits per heavy atom. The first-order chi connectivity index (χ1) is 14.0. The second-order valence-corrected chi connectivity index (χ2v) is 7.61. The largest absolute Gasteiger partial charge is 0.360 e. The number of anilines is 1. The fourth-order valence-corrected chi connectivity index (χ4v) is 3.67. The van der Waals surface area contributed by atoms with Crippen molar-refractivity contribution < 1.29 is 14.1 Å². The molecule has 2 aromatic heterocycles. The average molecular weight is 416 g/mol. The summed E-state index contributed by atoms with van der Waals surface area (Å²) < 4.78 is 6.86. The number of aryl methyl sites for hydroxylation is 1. The molecule has 1 aliphatic heterocycles. The summed E-state index contributed by atoms with van der Waals surface area (Å²) in [6.45, 7) is 4.78. The lowest BCUT2D eigenvalue weighted by atomic mass is 10.2. The van der Waals surface area contributed by atoms with Gasteiger partial charge in [0.05, 0.1) is 6.54 Å².